The van der Waals surface area contributed by atoms with Gasteiger partial charge in [-0.3, -0.25) is 0 Å². The van der Waals surface area contributed by atoms with E-state index < -0.39 is 10.8 Å². The molecule has 0 amide bonds. The van der Waals surface area contributed by atoms with Gasteiger partial charge in [-0.1, -0.05) is 217 Å². The van der Waals surface area contributed by atoms with Gasteiger partial charge in [-0.15, -0.1) is 0 Å². The summed E-state index contributed by atoms with van der Waals surface area (Å²) in [7, 11) is 0. The van der Waals surface area contributed by atoms with Crippen molar-refractivity contribution in [1.82, 2.24) is 0 Å². The number of hydrogen-bond acceptors (Lipinski definition) is 2. The van der Waals surface area contributed by atoms with Crippen molar-refractivity contribution in [3.63, 3.8) is 0 Å². The van der Waals surface area contributed by atoms with Gasteiger partial charge in [0.2, 0.25) is 0 Å². The first kappa shape index (κ1) is 44.9. The van der Waals surface area contributed by atoms with Gasteiger partial charge < -0.3 is 9.80 Å². The fourth-order valence-corrected chi connectivity index (χ4v) is 13.6. The number of benzene rings is 13. The molecule has 0 N–H and O–H groups in total. The minimum absolute atomic E-state index is 0.590. The molecule has 0 aromatic heterocycles. The number of hydrogen-bond donors (Lipinski definition) is 0. The molecule has 3 aliphatic rings. The minimum atomic E-state index is -0.592. The Morgan fingerprint density at radius 3 is 0.740 bits per heavy atom. The van der Waals surface area contributed by atoms with Crippen LogP contribution in [0.2, 0.25) is 0 Å². The number of fused-ring (bicyclic) bond motifs is 4. The third-order valence-electron chi connectivity index (χ3n) is 17.0. The molecule has 0 aliphatic heterocycles. The highest BCUT2D eigenvalue weighted by Gasteiger charge is 2.60. The van der Waals surface area contributed by atoms with Crippen molar-refractivity contribution in [2.24, 2.45) is 0 Å². The largest absolute Gasteiger partial charge is 0.310 e. The van der Waals surface area contributed by atoms with E-state index in [-0.39, 0.29) is 0 Å². The zero-order chi connectivity index (χ0) is 51.4. The van der Waals surface area contributed by atoms with Crippen LogP contribution in [0.4, 0.5) is 34.1 Å². The highest BCUT2D eigenvalue weighted by molar-refractivity contribution is 5.95. The second-order valence-corrected chi connectivity index (χ2v) is 21.5. The molecule has 0 atom stereocenters. The van der Waals surface area contributed by atoms with E-state index >= 15 is 0 Å². The molecule has 2 heteroatoms. The molecule has 0 radical (unpaired) electrons. The first-order chi connectivity index (χ1) is 37.8. The lowest BCUT2D eigenvalue weighted by Gasteiger charge is -2.57. The standard InChI is InChI=1S/C75H54N2/c1-49-22-41-70-71(42-49)74(60-27-35-62(36-28-60)76(64-31-23-52-12-4-8-16-56(52)45-64)65-32-24-53-13-5-9-17-57(53)46-65)68-39-20-50(2)43-72(68)75(70,73-44-51(3)21-40-69(73)74)61-29-37-63(38-30-61)77(66-33-25-54-14-6-10-18-58(54)47-66)67-34-26-55-15-7-11-19-59(55)48-67/h4-48H,1-3H3. The van der Waals surface area contributed by atoms with Crippen LogP contribution < -0.4 is 9.80 Å². The van der Waals surface area contributed by atoms with Crippen molar-refractivity contribution >= 4 is 77.2 Å². The molecule has 0 heterocycles. The summed E-state index contributed by atoms with van der Waals surface area (Å²) in [6.45, 7) is 6.77. The van der Waals surface area contributed by atoms with Crippen LogP contribution in [-0.4, -0.2) is 0 Å². The maximum absolute atomic E-state index is 2.50. The van der Waals surface area contributed by atoms with Gasteiger partial charge >= 0.3 is 0 Å². The molecule has 13 aromatic carbocycles. The lowest BCUT2D eigenvalue weighted by atomic mass is 9.44. The lowest BCUT2D eigenvalue weighted by Crippen LogP contribution is -2.52. The van der Waals surface area contributed by atoms with Crippen LogP contribution >= 0.6 is 0 Å². The minimum Gasteiger partial charge on any atom is -0.310 e. The first-order valence-corrected chi connectivity index (χ1v) is 27.0. The Balaban J connectivity index is 0.921. The van der Waals surface area contributed by atoms with E-state index in [0.29, 0.717) is 0 Å². The van der Waals surface area contributed by atoms with Crippen LogP contribution in [0.3, 0.4) is 0 Å². The summed E-state index contributed by atoms with van der Waals surface area (Å²) in [5.41, 5.74) is 19.8. The first-order valence-electron chi connectivity index (χ1n) is 27.0. The van der Waals surface area contributed by atoms with Crippen LogP contribution in [0.5, 0.6) is 0 Å². The van der Waals surface area contributed by atoms with Crippen molar-refractivity contribution in [3.8, 4) is 0 Å². The van der Waals surface area contributed by atoms with Crippen molar-refractivity contribution in [1.29, 1.82) is 0 Å². The Hall–Kier alpha value is -9.50. The number of rotatable bonds is 8. The lowest BCUT2D eigenvalue weighted by molar-refractivity contribution is 0.555. The summed E-state index contributed by atoms with van der Waals surface area (Å²) in [5, 5.41) is 9.77. The fourth-order valence-electron chi connectivity index (χ4n) is 13.6. The second kappa shape index (κ2) is 17.3. The highest BCUT2D eigenvalue weighted by atomic mass is 15.1. The number of anilines is 6. The van der Waals surface area contributed by atoms with Gasteiger partial charge in [0.05, 0.1) is 10.8 Å². The molecule has 0 saturated heterocycles. The van der Waals surface area contributed by atoms with Gasteiger partial charge in [-0.2, -0.15) is 0 Å². The smallest absolute Gasteiger partial charge is 0.0711 e. The normalized spacial score (nSPS) is 16.1. The van der Waals surface area contributed by atoms with Crippen LogP contribution in [0.15, 0.2) is 273 Å². The summed E-state index contributed by atoms with van der Waals surface area (Å²) < 4.78 is 0. The van der Waals surface area contributed by atoms with E-state index in [1.54, 1.807) is 0 Å². The molecule has 0 unspecified atom stereocenters. The predicted octanol–water partition coefficient (Wildman–Crippen LogP) is 19.6. The zero-order valence-corrected chi connectivity index (χ0v) is 43.4. The Bertz CT molecular complexity index is 4300. The fraction of sp³-hybridized carbons (Fsp3) is 0.0667. The van der Waals surface area contributed by atoms with Gasteiger partial charge in [-0.05, 0) is 181 Å². The van der Waals surface area contributed by atoms with Crippen molar-refractivity contribution in [3.05, 3.63) is 334 Å². The van der Waals surface area contributed by atoms with Gasteiger partial charge in [0.25, 0.3) is 0 Å². The molecule has 3 aliphatic carbocycles. The molecule has 16 rings (SSSR count). The highest BCUT2D eigenvalue weighted by Crippen LogP contribution is 2.66. The van der Waals surface area contributed by atoms with E-state index in [1.165, 1.54) is 104 Å². The molecular formula is C75H54N2. The van der Waals surface area contributed by atoms with Crippen molar-refractivity contribution < 1.29 is 0 Å². The molecule has 0 saturated carbocycles. The van der Waals surface area contributed by atoms with Crippen LogP contribution in [-0.2, 0) is 10.8 Å². The molecular weight excluding hydrogens is 929 g/mol. The predicted molar refractivity (Wildman–Crippen MR) is 324 cm³/mol. The van der Waals surface area contributed by atoms with Crippen LogP contribution in [0.25, 0.3) is 43.1 Å². The van der Waals surface area contributed by atoms with E-state index in [0.717, 1.165) is 34.1 Å². The Kier molecular flexibility index (Phi) is 10.1. The van der Waals surface area contributed by atoms with Crippen molar-refractivity contribution in [2.45, 2.75) is 31.6 Å². The number of aryl methyl sites for hydroxylation is 3. The molecule has 77 heavy (non-hydrogen) atoms. The summed E-state index contributed by atoms with van der Waals surface area (Å²) in [4.78, 5) is 4.84. The molecule has 2 nitrogen and oxygen atoms in total. The third kappa shape index (κ3) is 6.81. The zero-order valence-electron chi connectivity index (χ0n) is 43.4. The quantitative estimate of drug-likeness (QED) is 0.150. The summed E-state index contributed by atoms with van der Waals surface area (Å²) in [6, 6.07) is 103. The maximum atomic E-state index is 2.50. The summed E-state index contributed by atoms with van der Waals surface area (Å²) >= 11 is 0. The number of nitrogens with zero attached hydrogens (tertiary/aromatic N) is 2. The maximum Gasteiger partial charge on any atom is 0.0711 e. The topological polar surface area (TPSA) is 6.48 Å². The third-order valence-corrected chi connectivity index (χ3v) is 17.0. The van der Waals surface area contributed by atoms with Gasteiger partial charge in [-0.25, -0.2) is 0 Å². The molecule has 13 aromatic rings. The SMILES string of the molecule is Cc1ccc2c(c1)C1(c3ccc(N(c4ccc5ccccc5c4)c4ccc5ccccc5c4)cc3)c3ccc(C)cc3C2(c2ccc(N(c3ccc4ccccc4c3)c3ccc4ccccc4c3)cc2)c2cc(C)ccc21. The van der Waals surface area contributed by atoms with Crippen LogP contribution in [0, 0.1) is 20.8 Å². The average molecular weight is 983 g/mol. The summed E-state index contributed by atoms with van der Waals surface area (Å²) in [6.07, 6.45) is 0. The second-order valence-electron chi connectivity index (χ2n) is 21.5. The van der Waals surface area contributed by atoms with E-state index in [2.05, 4.69) is 304 Å². The monoisotopic (exact) mass is 982 g/mol. The molecule has 0 spiro atoms. The molecule has 0 fully saturated rings. The average Bonchev–Trinajstić information content (AvgIpc) is 3.54. The van der Waals surface area contributed by atoms with Gasteiger partial charge in [0.15, 0.2) is 0 Å². The van der Waals surface area contributed by atoms with Crippen LogP contribution in [0.1, 0.15) is 61.2 Å². The Labute approximate surface area is 450 Å². The van der Waals surface area contributed by atoms with E-state index in [4.69, 9.17) is 0 Å². The summed E-state index contributed by atoms with van der Waals surface area (Å²) in [5.74, 6) is 0. The van der Waals surface area contributed by atoms with E-state index in [1.807, 2.05) is 0 Å². The van der Waals surface area contributed by atoms with Crippen molar-refractivity contribution in [2.75, 3.05) is 9.80 Å². The Morgan fingerprint density at radius 1 is 0.208 bits per heavy atom. The molecule has 2 bridgehead atoms. The van der Waals surface area contributed by atoms with Gasteiger partial charge in [0.1, 0.15) is 0 Å². The van der Waals surface area contributed by atoms with E-state index in [9.17, 15) is 0 Å². The Morgan fingerprint density at radius 2 is 0.455 bits per heavy atom. The van der Waals surface area contributed by atoms with Gasteiger partial charge in [0, 0.05) is 34.1 Å². The molecule has 364 valence electrons.